The molecular weight excluding hydrogens is 925 g/mol. The molecule has 70 heavy (non-hydrogen) atoms. The van der Waals surface area contributed by atoms with Crippen LogP contribution in [0.5, 0.6) is 0 Å². The molecule has 3 fully saturated rings. The van der Waals surface area contributed by atoms with Gasteiger partial charge in [0.1, 0.15) is 61.5 Å². The van der Waals surface area contributed by atoms with Crippen LogP contribution in [0, 0.1) is 5.92 Å². The van der Waals surface area contributed by atoms with E-state index in [0.717, 1.165) is 96.8 Å². The Morgan fingerprint density at radius 1 is 0.586 bits per heavy atom. The van der Waals surface area contributed by atoms with Crippen molar-refractivity contribution in [2.75, 3.05) is 19.8 Å². The molecule has 0 amide bonds. The fourth-order valence-electron chi connectivity index (χ4n) is 8.85. The lowest BCUT2D eigenvalue weighted by molar-refractivity contribution is -0.380. The fourth-order valence-corrected chi connectivity index (χ4v) is 8.85. The number of carboxylic acid groups (broad SMARTS) is 1. The van der Waals surface area contributed by atoms with Gasteiger partial charge >= 0.3 is 17.9 Å². The van der Waals surface area contributed by atoms with Crippen molar-refractivity contribution in [1.82, 2.24) is 0 Å². The molecule has 3 heterocycles. The van der Waals surface area contributed by atoms with Crippen LogP contribution in [-0.4, -0.2) is 193 Å². The van der Waals surface area contributed by atoms with E-state index in [1.54, 1.807) is 13.8 Å². The minimum Gasteiger partial charge on any atom is -0.479 e. The SMILES string of the molecule is CCCC[C@@H](CCC[C@H](O)[C@@H](O)CCCCCCCCCCCCCC[C@H](O)C(=O)O)O[C@H]1OC[C@H](O)[C@@H](O)[C@@H]1O[C@H]1OC[C@H](O)[C@@H](O)[C@@H]1O[C@H]1O[C@@H](COC(=O)CC(C)C)[C@H](OC(C)=O)[C@@H](O)[C@@H]1O. The molecule has 0 spiro atoms. The van der Waals surface area contributed by atoms with E-state index >= 15 is 0 Å². The van der Waals surface area contributed by atoms with Crippen LogP contribution in [0.2, 0.25) is 0 Å². The molecule has 17 atom stereocenters. The van der Waals surface area contributed by atoms with Gasteiger partial charge in [0.25, 0.3) is 0 Å². The summed E-state index contributed by atoms with van der Waals surface area (Å²) in [4.78, 5) is 35.0. The van der Waals surface area contributed by atoms with Crippen molar-refractivity contribution in [3.05, 3.63) is 0 Å². The van der Waals surface area contributed by atoms with E-state index < -0.39 is 135 Å². The van der Waals surface area contributed by atoms with Gasteiger partial charge in [0, 0.05) is 13.3 Å². The molecule has 0 saturated carbocycles. The van der Waals surface area contributed by atoms with E-state index in [1.165, 1.54) is 0 Å². The monoisotopic (exact) mass is 1010 g/mol. The summed E-state index contributed by atoms with van der Waals surface area (Å²) in [6.45, 7) is 5.41. The number of hydrogen-bond acceptors (Lipinski definition) is 20. The van der Waals surface area contributed by atoms with Gasteiger partial charge in [-0.25, -0.2) is 4.79 Å². The average Bonchev–Trinajstić information content (AvgIpc) is 3.31. The summed E-state index contributed by atoms with van der Waals surface area (Å²) < 4.78 is 46.5. The highest BCUT2D eigenvalue weighted by Gasteiger charge is 2.52. The summed E-state index contributed by atoms with van der Waals surface area (Å²) >= 11 is 0. The third kappa shape index (κ3) is 22.1. The Morgan fingerprint density at radius 3 is 1.60 bits per heavy atom. The number of unbranched alkanes of at least 4 members (excludes halogenated alkanes) is 12. The highest BCUT2D eigenvalue weighted by atomic mass is 16.8. The largest absolute Gasteiger partial charge is 0.479 e. The Balaban J connectivity index is 1.52. The lowest BCUT2D eigenvalue weighted by Gasteiger charge is -2.46. The first kappa shape index (κ1) is 62.1. The first-order valence-corrected chi connectivity index (χ1v) is 25.9. The van der Waals surface area contributed by atoms with Gasteiger partial charge < -0.3 is 89.0 Å². The zero-order valence-corrected chi connectivity index (χ0v) is 41.8. The third-order valence-corrected chi connectivity index (χ3v) is 13.1. The van der Waals surface area contributed by atoms with E-state index in [2.05, 4.69) is 0 Å². The van der Waals surface area contributed by atoms with Gasteiger partial charge in [-0.15, -0.1) is 0 Å². The van der Waals surface area contributed by atoms with E-state index in [1.807, 2.05) is 6.92 Å². The van der Waals surface area contributed by atoms with Crippen molar-refractivity contribution in [3.63, 3.8) is 0 Å². The summed E-state index contributed by atoms with van der Waals surface area (Å²) in [5, 5.41) is 106. The zero-order valence-electron chi connectivity index (χ0n) is 41.8. The Labute approximate surface area is 413 Å². The minimum absolute atomic E-state index is 0.0403. The van der Waals surface area contributed by atoms with Crippen LogP contribution in [0.25, 0.3) is 0 Å². The lowest BCUT2D eigenvalue weighted by Crippen LogP contribution is -2.65. The maximum absolute atomic E-state index is 12.4. The van der Waals surface area contributed by atoms with Gasteiger partial charge in [0.2, 0.25) is 0 Å². The topological polar surface area (TPSA) is 327 Å². The van der Waals surface area contributed by atoms with E-state index in [0.29, 0.717) is 38.5 Å². The van der Waals surface area contributed by atoms with Crippen LogP contribution in [-0.2, 0) is 52.3 Å². The van der Waals surface area contributed by atoms with Crippen molar-refractivity contribution >= 4 is 17.9 Å². The smallest absolute Gasteiger partial charge is 0.332 e. The third-order valence-electron chi connectivity index (χ3n) is 13.1. The number of hydrogen-bond donors (Lipinski definition) is 10. The van der Waals surface area contributed by atoms with Crippen molar-refractivity contribution < 1.29 is 103 Å². The Kier molecular flexibility index (Phi) is 29.8. The number of carbonyl (C=O) groups is 3. The minimum atomic E-state index is -1.91. The summed E-state index contributed by atoms with van der Waals surface area (Å²) in [6, 6.07) is 0. The first-order valence-electron chi connectivity index (χ1n) is 25.9. The molecule has 3 rings (SSSR count). The molecule has 0 aromatic heterocycles. The van der Waals surface area contributed by atoms with Gasteiger partial charge in [-0.1, -0.05) is 111 Å². The predicted molar refractivity (Wildman–Crippen MR) is 248 cm³/mol. The molecule has 10 N–H and O–H groups in total. The van der Waals surface area contributed by atoms with E-state index in [4.69, 9.17) is 43.0 Å². The summed E-state index contributed by atoms with van der Waals surface area (Å²) in [5.41, 5.74) is 0. The van der Waals surface area contributed by atoms with Gasteiger partial charge in [0.15, 0.2) is 31.1 Å². The highest BCUT2D eigenvalue weighted by molar-refractivity contribution is 5.71. The Hall–Kier alpha value is -2.19. The number of aliphatic hydroxyl groups is 9. The Bertz CT molecular complexity index is 1440. The van der Waals surface area contributed by atoms with Crippen LogP contribution in [0.3, 0.4) is 0 Å². The molecule has 0 aromatic rings. The second kappa shape index (κ2) is 33.6. The molecule has 0 aromatic carbocycles. The fraction of sp³-hybridized carbons (Fsp3) is 0.939. The quantitative estimate of drug-likeness (QED) is 0.0321. The van der Waals surface area contributed by atoms with Crippen LogP contribution < -0.4 is 0 Å². The molecule has 0 radical (unpaired) electrons. The average molecular weight is 1010 g/mol. The van der Waals surface area contributed by atoms with Crippen LogP contribution in [0.4, 0.5) is 0 Å². The first-order chi connectivity index (χ1) is 33.3. The number of esters is 2. The van der Waals surface area contributed by atoms with Crippen molar-refractivity contribution in [2.24, 2.45) is 5.92 Å². The van der Waals surface area contributed by atoms with Crippen molar-refractivity contribution in [2.45, 2.75) is 267 Å². The molecule has 410 valence electrons. The van der Waals surface area contributed by atoms with Crippen molar-refractivity contribution in [3.8, 4) is 0 Å². The standard InChI is InChI=1S/C49H88O21/c1-5-6-20-31(21-19-24-33(52)32(51)22-17-15-13-11-9-7-8-10-12-14-16-18-23-34(53)46(61)62)67-48-44(39(57)35(54)26-64-48)70-49-45(40(58)36(55)27-65-49)69-47-42(60)41(59)43(66-30(4)50)37(68-47)28-63-38(56)25-29(2)3/h29,31-37,39-45,47-49,51-55,57-60H,5-28H2,1-4H3,(H,61,62)/t31-,32-,33-,34-,35-,36-,37-,39+,40+,41-,42-,43-,44-,45-,47+,48+,49+/m0/s1. The normalized spacial score (nSPS) is 31.2. The number of rotatable bonds is 35. The zero-order chi connectivity index (χ0) is 51.8. The Morgan fingerprint density at radius 2 is 1.07 bits per heavy atom. The molecule has 3 saturated heterocycles. The summed E-state index contributed by atoms with van der Waals surface area (Å²) in [6.07, 6.45) is -7.77. The second-order valence-electron chi connectivity index (χ2n) is 19.7. The van der Waals surface area contributed by atoms with E-state index in [-0.39, 0.29) is 18.9 Å². The number of ether oxygens (including phenoxy) is 8. The van der Waals surface area contributed by atoms with Gasteiger partial charge in [-0.05, 0) is 44.4 Å². The van der Waals surface area contributed by atoms with E-state index in [9.17, 15) is 60.3 Å². The molecule has 3 aliphatic rings. The molecule has 3 aliphatic heterocycles. The number of carboxylic acids is 1. The van der Waals surface area contributed by atoms with Crippen LogP contribution in [0.15, 0.2) is 0 Å². The number of carbonyl (C=O) groups excluding carboxylic acids is 2. The molecule has 21 nitrogen and oxygen atoms in total. The maximum atomic E-state index is 12.4. The molecule has 0 unspecified atom stereocenters. The molecule has 21 heteroatoms. The number of aliphatic hydroxyl groups excluding tert-OH is 9. The second-order valence-corrected chi connectivity index (χ2v) is 19.7. The molecular formula is C49H88O21. The maximum Gasteiger partial charge on any atom is 0.332 e. The van der Waals surface area contributed by atoms with Gasteiger partial charge in [0.05, 0.1) is 31.5 Å². The molecule has 0 bridgehead atoms. The summed E-state index contributed by atoms with van der Waals surface area (Å²) in [5.74, 6) is -2.62. The van der Waals surface area contributed by atoms with Gasteiger partial charge in [-0.3, -0.25) is 9.59 Å². The van der Waals surface area contributed by atoms with Crippen LogP contribution >= 0.6 is 0 Å². The summed E-state index contributed by atoms with van der Waals surface area (Å²) in [7, 11) is 0. The van der Waals surface area contributed by atoms with Crippen molar-refractivity contribution in [1.29, 1.82) is 0 Å². The lowest BCUT2D eigenvalue weighted by atomic mass is 9.98. The number of aliphatic carboxylic acids is 1. The highest BCUT2D eigenvalue weighted by Crippen LogP contribution is 2.33. The molecule has 0 aliphatic carbocycles. The van der Waals surface area contributed by atoms with Crippen LogP contribution in [0.1, 0.15) is 163 Å². The predicted octanol–water partition coefficient (Wildman–Crippen LogP) is 2.26. The van der Waals surface area contributed by atoms with Gasteiger partial charge in [-0.2, -0.15) is 0 Å².